The Morgan fingerprint density at radius 1 is 0.707 bits per heavy atom. The second kappa shape index (κ2) is 14.4. The number of thiophene rings is 2. The van der Waals surface area contributed by atoms with Crippen molar-refractivity contribution in [2.45, 2.75) is 71.9 Å². The summed E-state index contributed by atoms with van der Waals surface area (Å²) in [7, 11) is 4.25. The largest absolute Gasteiger partial charge is 0.426 e. The highest BCUT2D eigenvalue weighted by atomic mass is 32.1. The minimum atomic E-state index is -0.335. The van der Waals surface area contributed by atoms with Crippen molar-refractivity contribution < 1.29 is 19.1 Å². The van der Waals surface area contributed by atoms with Gasteiger partial charge >= 0.3 is 11.9 Å². The number of benzene rings is 2. The lowest BCUT2D eigenvalue weighted by atomic mass is 10.1. The van der Waals surface area contributed by atoms with Crippen LogP contribution in [0.2, 0.25) is 0 Å². The first-order valence-corrected chi connectivity index (χ1v) is 16.2. The zero-order valence-corrected chi connectivity index (χ0v) is 26.7. The number of hydrogen-bond donors (Lipinski definition) is 0. The van der Waals surface area contributed by atoms with Crippen molar-refractivity contribution in [2.75, 3.05) is 27.2 Å². The molecule has 0 bridgehead atoms. The number of rotatable bonds is 14. The second-order valence-electron chi connectivity index (χ2n) is 11.2. The molecule has 0 fully saturated rings. The molecule has 0 saturated heterocycles. The molecule has 0 radical (unpaired) electrons. The zero-order valence-electron chi connectivity index (χ0n) is 25.1. The lowest BCUT2D eigenvalue weighted by Gasteiger charge is -2.20. The van der Waals surface area contributed by atoms with Gasteiger partial charge in [-0.3, -0.25) is 9.59 Å². The molecule has 4 rings (SSSR count). The van der Waals surface area contributed by atoms with Crippen LogP contribution >= 0.6 is 22.7 Å². The highest BCUT2D eigenvalue weighted by molar-refractivity contribution is 7.17. The van der Waals surface area contributed by atoms with Crippen molar-refractivity contribution in [1.82, 2.24) is 9.80 Å². The molecule has 0 aliphatic rings. The maximum atomic E-state index is 12.8. The third-order valence-electron chi connectivity index (χ3n) is 7.71. The van der Waals surface area contributed by atoms with Crippen LogP contribution in [-0.4, -0.2) is 61.0 Å². The third kappa shape index (κ3) is 8.16. The van der Waals surface area contributed by atoms with Crippen LogP contribution in [0.4, 0.5) is 0 Å². The molecule has 0 aliphatic heterocycles. The van der Waals surface area contributed by atoms with Crippen molar-refractivity contribution in [3.05, 3.63) is 58.3 Å². The smallest absolute Gasteiger partial charge is 0.311 e. The number of carbonyl (C=O) groups is 2. The average Bonchev–Trinajstić information content (AvgIpc) is 3.55. The number of fused-ring (bicyclic) bond motifs is 2. The van der Waals surface area contributed by atoms with Crippen molar-refractivity contribution in [1.29, 1.82) is 0 Å². The summed E-state index contributed by atoms with van der Waals surface area (Å²) < 4.78 is 13.8. The van der Waals surface area contributed by atoms with Gasteiger partial charge in [0.15, 0.2) is 0 Å². The Labute approximate surface area is 251 Å². The molecule has 4 aromatic rings. The summed E-state index contributed by atoms with van der Waals surface area (Å²) in [5.74, 6) is 0.521. The fourth-order valence-electron chi connectivity index (χ4n) is 4.61. The SMILES string of the molecule is CC(C)N(C)CCc1csc2cccc(OC(=O)CCCC(=O)Oc3cccc4scc(CCN(C)C(C)C)c34)c12. The normalized spacial score (nSPS) is 12.0. The van der Waals surface area contributed by atoms with E-state index < -0.39 is 0 Å². The number of esters is 2. The van der Waals surface area contributed by atoms with Crippen LogP contribution in [0.5, 0.6) is 11.5 Å². The van der Waals surface area contributed by atoms with Crippen molar-refractivity contribution in [3.63, 3.8) is 0 Å². The fourth-order valence-corrected chi connectivity index (χ4v) is 6.63. The maximum absolute atomic E-state index is 12.8. The summed E-state index contributed by atoms with van der Waals surface area (Å²) in [6, 6.07) is 12.6. The van der Waals surface area contributed by atoms with Crippen molar-refractivity contribution >= 4 is 54.8 Å². The van der Waals surface area contributed by atoms with Crippen LogP contribution in [0.1, 0.15) is 58.1 Å². The van der Waals surface area contributed by atoms with E-state index in [1.165, 1.54) is 11.1 Å². The first kappa shape index (κ1) is 31.2. The fraction of sp³-hybridized carbons (Fsp3) is 0.455. The van der Waals surface area contributed by atoms with Gasteiger partial charge in [-0.1, -0.05) is 12.1 Å². The van der Waals surface area contributed by atoms with Gasteiger partial charge in [-0.2, -0.15) is 0 Å². The summed E-state index contributed by atoms with van der Waals surface area (Å²) >= 11 is 3.35. The van der Waals surface area contributed by atoms with E-state index in [-0.39, 0.29) is 24.8 Å². The van der Waals surface area contributed by atoms with Crippen LogP contribution < -0.4 is 9.47 Å². The Morgan fingerprint density at radius 3 is 1.51 bits per heavy atom. The van der Waals surface area contributed by atoms with Crippen LogP contribution in [0.25, 0.3) is 20.2 Å². The predicted octanol–water partition coefficient (Wildman–Crippen LogP) is 7.56. The third-order valence-corrected chi connectivity index (χ3v) is 9.71. The summed E-state index contributed by atoms with van der Waals surface area (Å²) in [5, 5.41) is 6.35. The van der Waals surface area contributed by atoms with E-state index >= 15 is 0 Å². The number of hydrogen-bond acceptors (Lipinski definition) is 8. The zero-order chi connectivity index (χ0) is 29.5. The van der Waals surface area contributed by atoms with Crippen molar-refractivity contribution in [3.8, 4) is 11.5 Å². The molecule has 0 saturated carbocycles. The summed E-state index contributed by atoms with van der Waals surface area (Å²) in [6.45, 7) is 10.6. The Morgan fingerprint density at radius 2 is 1.12 bits per heavy atom. The van der Waals surface area contributed by atoms with Gasteiger partial charge in [0.2, 0.25) is 0 Å². The molecular formula is C33H42N2O4S2. The van der Waals surface area contributed by atoms with Crippen LogP contribution in [-0.2, 0) is 22.4 Å². The van der Waals surface area contributed by atoms with E-state index in [4.69, 9.17) is 9.47 Å². The van der Waals surface area contributed by atoms with Gasteiger partial charge in [0.1, 0.15) is 11.5 Å². The first-order chi connectivity index (χ1) is 19.6. The minimum absolute atomic E-state index is 0.149. The van der Waals surface area contributed by atoms with Gasteiger partial charge in [-0.05, 0) is 107 Å². The quantitative estimate of drug-likeness (QED) is 0.111. The van der Waals surface area contributed by atoms with Crippen molar-refractivity contribution in [2.24, 2.45) is 0 Å². The number of carbonyl (C=O) groups excluding carboxylic acids is 2. The molecule has 0 atom stereocenters. The standard InChI is InChI=1S/C33H42N2O4S2/c1-22(2)34(5)18-16-24-20-40-28-12-7-10-26(32(24)28)38-30(36)14-9-15-31(37)39-27-11-8-13-29-33(27)25(21-41-29)17-19-35(6)23(3)4/h7-8,10-13,20-23H,9,14-19H2,1-6H3. The van der Waals surface area contributed by atoms with Gasteiger partial charge in [0.25, 0.3) is 0 Å². The van der Waals surface area contributed by atoms with E-state index in [0.717, 1.165) is 46.1 Å². The monoisotopic (exact) mass is 594 g/mol. The topological polar surface area (TPSA) is 59.1 Å². The highest BCUT2D eigenvalue weighted by Crippen LogP contribution is 2.36. The van der Waals surface area contributed by atoms with E-state index in [9.17, 15) is 9.59 Å². The number of nitrogens with zero attached hydrogens (tertiary/aromatic N) is 2. The maximum Gasteiger partial charge on any atom is 0.311 e. The molecule has 6 nitrogen and oxygen atoms in total. The molecular weight excluding hydrogens is 553 g/mol. The van der Waals surface area contributed by atoms with Gasteiger partial charge in [-0.25, -0.2) is 0 Å². The minimum Gasteiger partial charge on any atom is -0.426 e. The second-order valence-corrected chi connectivity index (χ2v) is 13.1. The molecule has 2 aromatic carbocycles. The molecule has 0 spiro atoms. The summed E-state index contributed by atoms with van der Waals surface area (Å²) in [6.07, 6.45) is 2.45. The lowest BCUT2D eigenvalue weighted by molar-refractivity contribution is -0.135. The highest BCUT2D eigenvalue weighted by Gasteiger charge is 2.17. The van der Waals surface area contributed by atoms with Gasteiger partial charge < -0.3 is 19.3 Å². The van der Waals surface area contributed by atoms with E-state index in [1.807, 2.05) is 24.3 Å². The molecule has 8 heteroatoms. The number of ether oxygens (including phenoxy) is 2. The molecule has 220 valence electrons. The molecule has 0 amide bonds. The van der Waals surface area contributed by atoms with Gasteiger partial charge in [0, 0.05) is 58.2 Å². The number of likely N-dealkylation sites (N-methyl/N-ethyl adjacent to an activating group) is 2. The van der Waals surface area contributed by atoms with Crippen LogP contribution in [0, 0.1) is 0 Å². The van der Waals surface area contributed by atoms with E-state index in [2.05, 4.69) is 74.5 Å². The molecule has 41 heavy (non-hydrogen) atoms. The van der Waals surface area contributed by atoms with E-state index in [0.29, 0.717) is 30.0 Å². The molecule has 0 unspecified atom stereocenters. The molecule has 0 N–H and O–H groups in total. The van der Waals surface area contributed by atoms with Gasteiger partial charge in [0.05, 0.1) is 0 Å². The molecule has 2 heterocycles. The average molecular weight is 595 g/mol. The van der Waals surface area contributed by atoms with Crippen LogP contribution in [0.3, 0.4) is 0 Å². The summed E-state index contributed by atoms with van der Waals surface area (Å²) in [5.41, 5.74) is 2.39. The Bertz CT molecular complexity index is 1360. The Hall–Kier alpha value is -2.78. The summed E-state index contributed by atoms with van der Waals surface area (Å²) in [4.78, 5) is 30.1. The van der Waals surface area contributed by atoms with Crippen LogP contribution in [0.15, 0.2) is 47.2 Å². The van der Waals surface area contributed by atoms with Gasteiger partial charge in [-0.15, -0.1) is 22.7 Å². The first-order valence-electron chi connectivity index (χ1n) is 14.4. The molecule has 0 aliphatic carbocycles. The Kier molecular flexibility index (Phi) is 10.9. The predicted molar refractivity (Wildman–Crippen MR) is 172 cm³/mol. The molecule has 2 aromatic heterocycles. The lowest BCUT2D eigenvalue weighted by Crippen LogP contribution is -2.28. The Balaban J connectivity index is 1.32. The van der Waals surface area contributed by atoms with E-state index in [1.54, 1.807) is 22.7 Å².